The van der Waals surface area contributed by atoms with E-state index in [9.17, 15) is 4.79 Å². The molecule has 162 valence electrons. The first-order valence-corrected chi connectivity index (χ1v) is 10.7. The highest BCUT2D eigenvalue weighted by atomic mass is 127. The Morgan fingerprint density at radius 3 is 2.72 bits per heavy atom. The first-order chi connectivity index (χ1) is 13.5. The number of benzene rings is 1. The summed E-state index contributed by atoms with van der Waals surface area (Å²) >= 11 is 0. The van der Waals surface area contributed by atoms with E-state index in [4.69, 9.17) is 0 Å². The molecule has 2 N–H and O–H groups in total. The molecule has 1 aromatic rings. The van der Waals surface area contributed by atoms with Crippen molar-refractivity contribution in [2.24, 2.45) is 10.9 Å². The molecule has 0 radical (unpaired) electrons. The standard InChI is InChI=1S/C22H35N5O.HI/c1-5-23-22(25-19-15-26(16(2)3)14-17(19)4)24-13-21(28)27-12-8-10-18-9-6-7-11-20(18)27;/h6-7,9,11,16-17,19H,5,8,10,12-15H2,1-4H3,(H2,23,24,25);1H. The normalized spacial score (nSPS) is 22.2. The third kappa shape index (κ3) is 6.07. The smallest absolute Gasteiger partial charge is 0.248 e. The lowest BCUT2D eigenvalue weighted by Crippen LogP contribution is -2.47. The SMILES string of the molecule is CCNC(=NCC(=O)N1CCCc2ccccc21)NC1CN(C(C)C)CC1C.I. The van der Waals surface area contributed by atoms with Gasteiger partial charge in [0.15, 0.2) is 5.96 Å². The van der Waals surface area contributed by atoms with Gasteiger partial charge in [-0.2, -0.15) is 0 Å². The minimum Gasteiger partial charge on any atom is -0.357 e. The largest absolute Gasteiger partial charge is 0.357 e. The highest BCUT2D eigenvalue weighted by Gasteiger charge is 2.31. The molecule has 1 fully saturated rings. The summed E-state index contributed by atoms with van der Waals surface area (Å²) in [6.07, 6.45) is 2.05. The Kier molecular flexibility index (Phi) is 9.20. The molecule has 0 spiro atoms. The van der Waals surface area contributed by atoms with Gasteiger partial charge in [0.05, 0.1) is 0 Å². The van der Waals surface area contributed by atoms with E-state index in [2.05, 4.69) is 54.3 Å². The lowest BCUT2D eigenvalue weighted by atomic mass is 10.0. The van der Waals surface area contributed by atoms with Crippen molar-refractivity contribution in [1.29, 1.82) is 0 Å². The maximum absolute atomic E-state index is 12.9. The van der Waals surface area contributed by atoms with Crippen molar-refractivity contribution in [2.45, 2.75) is 52.6 Å². The van der Waals surface area contributed by atoms with Crippen molar-refractivity contribution < 1.29 is 4.79 Å². The summed E-state index contributed by atoms with van der Waals surface area (Å²) in [7, 11) is 0. The number of aliphatic imine (C=N–C) groups is 1. The number of hydrogen-bond donors (Lipinski definition) is 2. The van der Waals surface area contributed by atoms with E-state index in [1.54, 1.807) is 0 Å². The minimum atomic E-state index is 0. The van der Waals surface area contributed by atoms with Crippen LogP contribution in [0.3, 0.4) is 0 Å². The molecule has 2 aliphatic rings. The van der Waals surface area contributed by atoms with Crippen LogP contribution in [-0.2, 0) is 11.2 Å². The van der Waals surface area contributed by atoms with Crippen molar-refractivity contribution in [3.05, 3.63) is 29.8 Å². The first kappa shape index (κ1) is 23.9. The highest BCUT2D eigenvalue weighted by Crippen LogP contribution is 2.26. The molecular formula is C22H36IN5O. The quantitative estimate of drug-likeness (QED) is 0.361. The van der Waals surface area contributed by atoms with E-state index in [1.807, 2.05) is 23.1 Å². The zero-order valence-corrected chi connectivity index (χ0v) is 20.5. The Balaban J connectivity index is 0.00000300. The second kappa shape index (κ2) is 11.2. The van der Waals surface area contributed by atoms with Crippen LogP contribution in [0.1, 0.15) is 39.7 Å². The molecule has 0 saturated carbocycles. The van der Waals surface area contributed by atoms with E-state index < -0.39 is 0 Å². The number of carbonyl (C=O) groups is 1. The molecule has 0 aromatic heterocycles. The number of carbonyl (C=O) groups excluding carboxylic acids is 1. The summed E-state index contributed by atoms with van der Waals surface area (Å²) in [5.41, 5.74) is 2.30. The molecule has 1 aromatic carbocycles. The van der Waals surface area contributed by atoms with Gasteiger partial charge in [0.1, 0.15) is 6.54 Å². The maximum atomic E-state index is 12.9. The number of hydrogen-bond acceptors (Lipinski definition) is 3. The van der Waals surface area contributed by atoms with Crippen LogP contribution >= 0.6 is 24.0 Å². The fourth-order valence-corrected chi connectivity index (χ4v) is 4.13. The van der Waals surface area contributed by atoms with Gasteiger partial charge in [-0.25, -0.2) is 4.99 Å². The van der Waals surface area contributed by atoms with E-state index in [1.165, 1.54) is 5.56 Å². The van der Waals surface area contributed by atoms with Gasteiger partial charge in [0.25, 0.3) is 0 Å². The average molecular weight is 513 g/mol. The number of likely N-dealkylation sites (tertiary alicyclic amines) is 1. The summed E-state index contributed by atoms with van der Waals surface area (Å²) in [5.74, 6) is 1.35. The molecule has 2 aliphatic heterocycles. The number of nitrogens with zero attached hydrogens (tertiary/aromatic N) is 3. The molecular weight excluding hydrogens is 477 g/mol. The van der Waals surface area contributed by atoms with Gasteiger partial charge in [-0.3, -0.25) is 9.69 Å². The Bertz CT molecular complexity index is 708. The first-order valence-electron chi connectivity index (χ1n) is 10.7. The monoisotopic (exact) mass is 513 g/mol. The van der Waals surface area contributed by atoms with Gasteiger partial charge in [-0.05, 0) is 51.2 Å². The van der Waals surface area contributed by atoms with Crippen molar-refractivity contribution >= 4 is 41.5 Å². The van der Waals surface area contributed by atoms with Crippen molar-refractivity contribution in [2.75, 3.05) is 37.6 Å². The summed E-state index contributed by atoms with van der Waals surface area (Å²) in [6, 6.07) is 9.11. The molecule has 0 bridgehead atoms. The maximum Gasteiger partial charge on any atom is 0.248 e. The molecule has 1 saturated heterocycles. The zero-order chi connectivity index (χ0) is 20.1. The Hall–Kier alpha value is -1.35. The molecule has 2 heterocycles. The highest BCUT2D eigenvalue weighted by molar-refractivity contribution is 14.0. The Labute approximate surface area is 192 Å². The average Bonchev–Trinajstić information content (AvgIpc) is 3.06. The number of guanidine groups is 1. The molecule has 2 atom stereocenters. The van der Waals surface area contributed by atoms with Gasteiger partial charge >= 0.3 is 0 Å². The van der Waals surface area contributed by atoms with Crippen LogP contribution in [0.5, 0.6) is 0 Å². The topological polar surface area (TPSA) is 60.0 Å². The Morgan fingerprint density at radius 2 is 2.03 bits per heavy atom. The van der Waals surface area contributed by atoms with Gasteiger partial charge in [-0.15, -0.1) is 24.0 Å². The van der Waals surface area contributed by atoms with Crippen LogP contribution in [0.4, 0.5) is 5.69 Å². The number of para-hydroxylation sites is 1. The van der Waals surface area contributed by atoms with Crippen molar-refractivity contribution in [1.82, 2.24) is 15.5 Å². The molecule has 7 heteroatoms. The van der Waals surface area contributed by atoms with Crippen LogP contribution in [0.2, 0.25) is 0 Å². The predicted molar refractivity (Wildman–Crippen MR) is 131 cm³/mol. The summed E-state index contributed by atoms with van der Waals surface area (Å²) < 4.78 is 0. The Morgan fingerprint density at radius 1 is 1.28 bits per heavy atom. The number of anilines is 1. The molecule has 0 aliphatic carbocycles. The van der Waals surface area contributed by atoms with Crippen LogP contribution in [0, 0.1) is 5.92 Å². The molecule has 3 rings (SSSR count). The second-order valence-electron chi connectivity index (χ2n) is 8.25. The van der Waals surface area contributed by atoms with Gasteiger partial charge < -0.3 is 15.5 Å². The van der Waals surface area contributed by atoms with Gasteiger partial charge in [0.2, 0.25) is 5.91 Å². The lowest BCUT2D eigenvalue weighted by Gasteiger charge is -2.29. The molecule has 29 heavy (non-hydrogen) atoms. The summed E-state index contributed by atoms with van der Waals surface area (Å²) in [6.45, 7) is 12.6. The summed E-state index contributed by atoms with van der Waals surface area (Å²) in [4.78, 5) is 21.9. The summed E-state index contributed by atoms with van der Waals surface area (Å²) in [5, 5.41) is 6.86. The third-order valence-electron chi connectivity index (χ3n) is 5.82. The van der Waals surface area contributed by atoms with E-state index in [0.29, 0.717) is 18.0 Å². The zero-order valence-electron chi connectivity index (χ0n) is 18.1. The van der Waals surface area contributed by atoms with Gasteiger partial charge in [0, 0.05) is 44.0 Å². The van der Waals surface area contributed by atoms with Crippen LogP contribution in [0.15, 0.2) is 29.3 Å². The molecule has 6 nitrogen and oxygen atoms in total. The number of fused-ring (bicyclic) bond motifs is 1. The second-order valence-corrected chi connectivity index (χ2v) is 8.25. The van der Waals surface area contributed by atoms with Crippen molar-refractivity contribution in [3.8, 4) is 0 Å². The van der Waals surface area contributed by atoms with E-state index >= 15 is 0 Å². The minimum absolute atomic E-state index is 0. The number of aryl methyl sites for hydroxylation is 1. The third-order valence-corrected chi connectivity index (χ3v) is 5.82. The number of rotatable bonds is 5. The fourth-order valence-electron chi connectivity index (χ4n) is 4.13. The van der Waals surface area contributed by atoms with Crippen LogP contribution < -0.4 is 15.5 Å². The molecule has 2 unspecified atom stereocenters. The molecule has 1 amide bonds. The predicted octanol–water partition coefficient (Wildman–Crippen LogP) is 2.87. The fraction of sp³-hybridized carbons (Fsp3) is 0.636. The van der Waals surface area contributed by atoms with Crippen LogP contribution in [0.25, 0.3) is 0 Å². The number of amides is 1. The van der Waals surface area contributed by atoms with E-state index in [-0.39, 0.29) is 36.4 Å². The number of halogens is 1. The number of nitrogens with one attached hydrogen (secondary N) is 2. The lowest BCUT2D eigenvalue weighted by molar-refractivity contribution is -0.117. The van der Waals surface area contributed by atoms with E-state index in [0.717, 1.165) is 50.7 Å². The van der Waals surface area contributed by atoms with Crippen molar-refractivity contribution in [3.63, 3.8) is 0 Å². The van der Waals surface area contributed by atoms with Crippen LogP contribution in [-0.4, -0.2) is 61.6 Å². The van der Waals surface area contributed by atoms with Gasteiger partial charge in [-0.1, -0.05) is 25.1 Å².